The first-order valence-corrected chi connectivity index (χ1v) is 10.3. The van der Waals surface area contributed by atoms with E-state index in [1.54, 1.807) is 24.3 Å². The number of benzene rings is 2. The minimum atomic E-state index is -3.30. The topological polar surface area (TPSA) is 97.4 Å². The fourth-order valence-corrected chi connectivity index (χ4v) is 3.98. The van der Waals surface area contributed by atoms with Crippen LogP contribution in [-0.4, -0.2) is 32.8 Å². The number of nitrogens with one attached hydrogen (secondary N) is 2. The van der Waals surface area contributed by atoms with E-state index < -0.39 is 15.9 Å². The Morgan fingerprint density at radius 2 is 1.92 bits per heavy atom. The van der Waals surface area contributed by atoms with Crippen LogP contribution >= 0.6 is 11.3 Å². The van der Waals surface area contributed by atoms with E-state index in [4.69, 9.17) is 4.74 Å². The molecule has 0 bridgehead atoms. The Hall–Kier alpha value is -2.65. The summed E-state index contributed by atoms with van der Waals surface area (Å²) in [5.41, 5.74) is 2.14. The number of carbonyl (C=O) groups is 1. The summed E-state index contributed by atoms with van der Waals surface area (Å²) in [6.07, 6.45) is 1.15. The van der Waals surface area contributed by atoms with Crippen molar-refractivity contribution in [1.82, 2.24) is 4.98 Å². The van der Waals surface area contributed by atoms with Crippen molar-refractivity contribution in [2.24, 2.45) is 0 Å². The first-order chi connectivity index (χ1) is 12.3. The molecule has 3 aromatic rings. The molecule has 2 amide bonds. The number of amides is 2. The third-order valence-corrected chi connectivity index (χ3v) is 5.66. The average molecular weight is 391 g/mol. The van der Waals surface area contributed by atoms with E-state index in [1.165, 1.54) is 24.5 Å². The first kappa shape index (κ1) is 18.2. The van der Waals surface area contributed by atoms with Gasteiger partial charge in [0.15, 0.2) is 15.0 Å². The van der Waals surface area contributed by atoms with Gasteiger partial charge in [-0.05, 0) is 42.8 Å². The number of ether oxygens (including phenoxy) is 1. The number of fused-ring (bicyclic) bond motifs is 1. The molecule has 0 radical (unpaired) electrons. The Bertz CT molecular complexity index is 1090. The molecule has 0 fully saturated rings. The van der Waals surface area contributed by atoms with Crippen LogP contribution in [-0.2, 0) is 9.84 Å². The molecule has 0 saturated heterocycles. The number of methoxy groups -OCH3 is 1. The summed E-state index contributed by atoms with van der Waals surface area (Å²) in [6.45, 7) is 1.91. The third kappa shape index (κ3) is 3.94. The van der Waals surface area contributed by atoms with E-state index >= 15 is 0 Å². The Morgan fingerprint density at radius 3 is 2.62 bits per heavy atom. The number of hydrogen-bond donors (Lipinski definition) is 2. The third-order valence-electron chi connectivity index (χ3n) is 3.61. The molecule has 1 aromatic heterocycles. The van der Waals surface area contributed by atoms with Crippen molar-refractivity contribution in [3.63, 3.8) is 0 Å². The van der Waals surface area contributed by atoms with E-state index in [0.29, 0.717) is 26.8 Å². The zero-order valence-corrected chi connectivity index (χ0v) is 16.0. The van der Waals surface area contributed by atoms with Crippen LogP contribution in [0.15, 0.2) is 41.3 Å². The first-order valence-electron chi connectivity index (χ1n) is 7.59. The van der Waals surface area contributed by atoms with Crippen molar-refractivity contribution in [3.05, 3.63) is 42.0 Å². The van der Waals surface area contributed by atoms with E-state index in [1.807, 2.05) is 13.0 Å². The second kappa shape index (κ2) is 6.93. The van der Waals surface area contributed by atoms with E-state index in [0.717, 1.165) is 11.8 Å². The van der Waals surface area contributed by atoms with Crippen molar-refractivity contribution < 1.29 is 17.9 Å². The maximum absolute atomic E-state index is 12.3. The molecule has 0 spiro atoms. The van der Waals surface area contributed by atoms with Crippen LogP contribution in [0.1, 0.15) is 5.56 Å². The number of aromatic nitrogens is 1. The van der Waals surface area contributed by atoms with Crippen molar-refractivity contribution in [1.29, 1.82) is 0 Å². The molecular formula is C17H17N3O4S2. The fourth-order valence-electron chi connectivity index (χ4n) is 2.36. The second-order valence-electron chi connectivity index (χ2n) is 5.70. The van der Waals surface area contributed by atoms with Crippen LogP contribution in [0.3, 0.4) is 0 Å². The predicted octanol–water partition coefficient (Wildman–Crippen LogP) is 3.66. The molecule has 9 heteroatoms. The molecule has 0 atom stereocenters. The molecule has 26 heavy (non-hydrogen) atoms. The standard InChI is InChI=1S/C17H17N3O4S2/c1-10-4-7-14(24-2)13(8-10)18-16(21)20-17-19-12-6-5-11(26(3,22)23)9-15(12)25-17/h4-9H,1-3H3,(H2,18,19,20,21). The van der Waals surface area contributed by atoms with Gasteiger partial charge in [0.05, 0.1) is 27.9 Å². The zero-order chi connectivity index (χ0) is 18.9. The Balaban J connectivity index is 1.80. The number of anilines is 2. The molecule has 0 saturated carbocycles. The van der Waals surface area contributed by atoms with Gasteiger partial charge in [-0.2, -0.15) is 0 Å². The minimum absolute atomic E-state index is 0.217. The largest absolute Gasteiger partial charge is 0.495 e. The van der Waals surface area contributed by atoms with Crippen LogP contribution in [0.5, 0.6) is 5.75 Å². The molecule has 2 N–H and O–H groups in total. The van der Waals surface area contributed by atoms with E-state index in [9.17, 15) is 13.2 Å². The minimum Gasteiger partial charge on any atom is -0.495 e. The molecule has 2 aromatic carbocycles. The number of rotatable bonds is 4. The maximum atomic E-state index is 12.3. The summed E-state index contributed by atoms with van der Waals surface area (Å²) in [5, 5.41) is 5.76. The van der Waals surface area contributed by atoms with Gasteiger partial charge >= 0.3 is 6.03 Å². The summed E-state index contributed by atoms with van der Waals surface area (Å²) < 4.78 is 29.2. The molecule has 0 aliphatic carbocycles. The van der Waals surface area contributed by atoms with Gasteiger partial charge < -0.3 is 10.1 Å². The van der Waals surface area contributed by atoms with Crippen LogP contribution in [0.25, 0.3) is 10.2 Å². The van der Waals surface area contributed by atoms with Gasteiger partial charge in [-0.1, -0.05) is 17.4 Å². The highest BCUT2D eigenvalue weighted by molar-refractivity contribution is 7.90. The second-order valence-corrected chi connectivity index (χ2v) is 8.75. The summed E-state index contributed by atoms with van der Waals surface area (Å²) in [4.78, 5) is 16.8. The SMILES string of the molecule is COc1ccc(C)cc1NC(=O)Nc1nc2ccc(S(C)(=O)=O)cc2s1. The molecule has 0 unspecified atom stereocenters. The number of hydrogen-bond acceptors (Lipinski definition) is 6. The molecule has 136 valence electrons. The number of carbonyl (C=O) groups excluding carboxylic acids is 1. The van der Waals surface area contributed by atoms with E-state index in [-0.39, 0.29) is 4.90 Å². The highest BCUT2D eigenvalue weighted by Crippen LogP contribution is 2.29. The number of nitrogens with zero attached hydrogens (tertiary/aromatic N) is 1. The number of thiazole rings is 1. The summed E-state index contributed by atoms with van der Waals surface area (Å²) in [7, 11) is -1.77. The average Bonchev–Trinajstić information content (AvgIpc) is 2.95. The van der Waals surface area contributed by atoms with Crippen molar-refractivity contribution in [2.75, 3.05) is 24.0 Å². The smallest absolute Gasteiger partial charge is 0.325 e. The lowest BCUT2D eigenvalue weighted by Crippen LogP contribution is -2.19. The lowest BCUT2D eigenvalue weighted by molar-refractivity contribution is 0.262. The highest BCUT2D eigenvalue weighted by Gasteiger charge is 2.13. The van der Waals surface area contributed by atoms with Crippen LogP contribution < -0.4 is 15.4 Å². The van der Waals surface area contributed by atoms with Crippen LogP contribution in [0, 0.1) is 6.92 Å². The van der Waals surface area contributed by atoms with Gasteiger partial charge in [0.1, 0.15) is 5.75 Å². The lowest BCUT2D eigenvalue weighted by Gasteiger charge is -2.10. The maximum Gasteiger partial charge on any atom is 0.325 e. The van der Waals surface area contributed by atoms with Gasteiger partial charge in [0, 0.05) is 6.26 Å². The normalized spacial score (nSPS) is 11.3. The van der Waals surface area contributed by atoms with Crippen LogP contribution in [0.2, 0.25) is 0 Å². The quantitative estimate of drug-likeness (QED) is 0.707. The van der Waals surface area contributed by atoms with Gasteiger partial charge in [-0.25, -0.2) is 18.2 Å². The number of aryl methyl sites for hydroxylation is 1. The number of sulfone groups is 1. The Kier molecular flexibility index (Phi) is 4.84. The molecule has 3 rings (SSSR count). The van der Waals surface area contributed by atoms with Gasteiger partial charge in [0.2, 0.25) is 0 Å². The molecule has 7 nitrogen and oxygen atoms in total. The summed E-state index contributed by atoms with van der Waals surface area (Å²) in [5.74, 6) is 0.549. The summed E-state index contributed by atoms with van der Waals surface area (Å²) in [6, 6.07) is 9.67. The Morgan fingerprint density at radius 1 is 1.15 bits per heavy atom. The van der Waals surface area contributed by atoms with E-state index in [2.05, 4.69) is 15.6 Å². The molecule has 0 aliphatic rings. The van der Waals surface area contributed by atoms with Crippen molar-refractivity contribution in [2.45, 2.75) is 11.8 Å². The molecule has 0 aliphatic heterocycles. The van der Waals surface area contributed by atoms with Crippen LogP contribution in [0.4, 0.5) is 15.6 Å². The predicted molar refractivity (Wildman–Crippen MR) is 103 cm³/mol. The monoisotopic (exact) mass is 391 g/mol. The zero-order valence-electron chi connectivity index (χ0n) is 14.4. The van der Waals surface area contributed by atoms with Gasteiger partial charge in [-0.3, -0.25) is 5.32 Å². The Labute approximate surface area is 154 Å². The summed E-state index contributed by atoms with van der Waals surface area (Å²) >= 11 is 1.20. The fraction of sp³-hybridized carbons (Fsp3) is 0.176. The molecule has 1 heterocycles. The van der Waals surface area contributed by atoms with Gasteiger partial charge in [0.25, 0.3) is 0 Å². The number of urea groups is 1. The molecular weight excluding hydrogens is 374 g/mol. The van der Waals surface area contributed by atoms with Gasteiger partial charge in [-0.15, -0.1) is 0 Å². The lowest BCUT2D eigenvalue weighted by atomic mass is 10.2. The van der Waals surface area contributed by atoms with Crippen molar-refractivity contribution >= 4 is 48.2 Å². The van der Waals surface area contributed by atoms with Crippen molar-refractivity contribution in [3.8, 4) is 5.75 Å². The highest BCUT2D eigenvalue weighted by atomic mass is 32.2.